The number of hydrogen-bond donors (Lipinski definition) is 2. The van der Waals surface area contributed by atoms with E-state index >= 15 is 0 Å². The van der Waals surface area contributed by atoms with Gasteiger partial charge in [-0.15, -0.1) is 0 Å². The van der Waals surface area contributed by atoms with Crippen molar-refractivity contribution in [2.45, 2.75) is 32.1 Å². The van der Waals surface area contributed by atoms with Gasteiger partial charge in [0.25, 0.3) is 0 Å². The van der Waals surface area contributed by atoms with E-state index in [0.29, 0.717) is 12.8 Å². The van der Waals surface area contributed by atoms with Crippen LogP contribution in [0.2, 0.25) is 0 Å². The molecular weight excluding hydrogens is 432 g/mol. The van der Waals surface area contributed by atoms with Crippen LogP contribution in [-0.2, 0) is 15.0 Å². The van der Waals surface area contributed by atoms with Gasteiger partial charge in [0.2, 0.25) is 11.8 Å². The molecule has 1 aliphatic rings. The van der Waals surface area contributed by atoms with Crippen LogP contribution in [0, 0.1) is 0 Å². The van der Waals surface area contributed by atoms with Gasteiger partial charge < -0.3 is 10.6 Å². The van der Waals surface area contributed by atoms with E-state index in [1.165, 1.54) is 22.3 Å². The Morgan fingerprint density at radius 3 is 1.31 bits per heavy atom. The largest absolute Gasteiger partial charge is 0.326 e. The standard InChI is InChI=1S/C31H28N2O2/c1-3-29(34)32-23-17-13-21(14-18-23)31(22-15-19-24(20-16-22)33-30(35)4-2)27-11-7-5-9-25(27)26-10-6-8-12-28(26)31/h5-20H,3-4H2,1-2H3,(H,32,34)(H,33,35). The first-order valence-corrected chi connectivity index (χ1v) is 12.1. The van der Waals surface area contributed by atoms with E-state index in [9.17, 15) is 9.59 Å². The van der Waals surface area contributed by atoms with Gasteiger partial charge in [0.15, 0.2) is 0 Å². The van der Waals surface area contributed by atoms with E-state index in [4.69, 9.17) is 0 Å². The number of nitrogens with one attached hydrogen (secondary N) is 2. The van der Waals surface area contributed by atoms with Crippen molar-refractivity contribution < 1.29 is 9.59 Å². The second-order valence-corrected chi connectivity index (χ2v) is 8.80. The number of fused-ring (bicyclic) bond motifs is 3. The van der Waals surface area contributed by atoms with E-state index in [1.807, 2.05) is 38.1 Å². The fourth-order valence-corrected chi connectivity index (χ4v) is 5.13. The van der Waals surface area contributed by atoms with Crippen molar-refractivity contribution in [1.29, 1.82) is 0 Å². The zero-order chi connectivity index (χ0) is 24.4. The Kier molecular flexibility index (Phi) is 5.96. The number of carbonyl (C=O) groups is 2. The number of anilines is 2. The molecule has 0 aromatic heterocycles. The average Bonchev–Trinajstić information content (AvgIpc) is 3.21. The topological polar surface area (TPSA) is 58.2 Å². The van der Waals surface area contributed by atoms with E-state index < -0.39 is 5.41 Å². The molecule has 0 unspecified atom stereocenters. The summed E-state index contributed by atoms with van der Waals surface area (Å²) in [6, 6.07) is 33.4. The average molecular weight is 461 g/mol. The molecule has 4 aromatic rings. The fraction of sp³-hybridized carbons (Fsp3) is 0.161. The first-order chi connectivity index (χ1) is 17.1. The van der Waals surface area contributed by atoms with Gasteiger partial charge in [0.05, 0.1) is 5.41 Å². The minimum absolute atomic E-state index is 0.00580. The molecule has 4 aromatic carbocycles. The van der Waals surface area contributed by atoms with Gasteiger partial charge in [-0.25, -0.2) is 0 Å². The van der Waals surface area contributed by atoms with E-state index in [0.717, 1.165) is 22.5 Å². The molecule has 4 heteroatoms. The van der Waals surface area contributed by atoms with Crippen molar-refractivity contribution in [1.82, 2.24) is 0 Å². The second-order valence-electron chi connectivity index (χ2n) is 8.80. The second kappa shape index (κ2) is 9.22. The van der Waals surface area contributed by atoms with Crippen LogP contribution >= 0.6 is 0 Å². The molecule has 1 aliphatic carbocycles. The molecule has 0 atom stereocenters. The summed E-state index contributed by atoms with van der Waals surface area (Å²) in [6.45, 7) is 3.69. The van der Waals surface area contributed by atoms with E-state index in [1.54, 1.807) is 0 Å². The minimum Gasteiger partial charge on any atom is -0.326 e. The van der Waals surface area contributed by atoms with Gasteiger partial charge in [-0.2, -0.15) is 0 Å². The van der Waals surface area contributed by atoms with Gasteiger partial charge in [-0.1, -0.05) is 86.6 Å². The molecule has 0 spiro atoms. The van der Waals surface area contributed by atoms with Gasteiger partial charge in [-0.05, 0) is 57.6 Å². The van der Waals surface area contributed by atoms with Gasteiger partial charge >= 0.3 is 0 Å². The highest BCUT2D eigenvalue weighted by molar-refractivity contribution is 5.92. The maximum Gasteiger partial charge on any atom is 0.224 e. The van der Waals surface area contributed by atoms with Crippen LogP contribution < -0.4 is 10.6 Å². The highest BCUT2D eigenvalue weighted by atomic mass is 16.2. The SMILES string of the molecule is CCC(=O)Nc1ccc(C2(c3ccc(NC(=O)CC)cc3)c3ccccc3-c3ccccc32)cc1. The molecule has 0 saturated carbocycles. The highest BCUT2D eigenvalue weighted by Gasteiger charge is 2.45. The lowest BCUT2D eigenvalue weighted by atomic mass is 9.67. The summed E-state index contributed by atoms with van der Waals surface area (Å²) in [5, 5.41) is 5.90. The number of carbonyl (C=O) groups excluding carboxylic acids is 2. The van der Waals surface area contributed by atoms with Crippen LogP contribution in [-0.4, -0.2) is 11.8 Å². The van der Waals surface area contributed by atoms with Crippen molar-refractivity contribution in [3.8, 4) is 11.1 Å². The summed E-state index contributed by atoms with van der Waals surface area (Å²) in [6.07, 6.45) is 0.876. The maximum absolute atomic E-state index is 11.9. The third kappa shape index (κ3) is 3.81. The smallest absolute Gasteiger partial charge is 0.224 e. The fourth-order valence-electron chi connectivity index (χ4n) is 5.13. The summed E-state index contributed by atoms with van der Waals surface area (Å²) < 4.78 is 0. The van der Waals surface area contributed by atoms with Crippen molar-refractivity contribution in [2.24, 2.45) is 0 Å². The quantitative estimate of drug-likeness (QED) is 0.295. The molecule has 2 amide bonds. The van der Waals surface area contributed by atoms with Gasteiger partial charge in [0.1, 0.15) is 0 Å². The van der Waals surface area contributed by atoms with Crippen LogP contribution in [0.1, 0.15) is 48.9 Å². The van der Waals surface area contributed by atoms with Gasteiger partial charge in [-0.3, -0.25) is 9.59 Å². The van der Waals surface area contributed by atoms with Crippen molar-refractivity contribution in [3.63, 3.8) is 0 Å². The van der Waals surface area contributed by atoms with Crippen LogP contribution in [0.5, 0.6) is 0 Å². The van der Waals surface area contributed by atoms with Crippen LogP contribution in [0.15, 0.2) is 97.1 Å². The zero-order valence-electron chi connectivity index (χ0n) is 20.0. The number of amides is 2. The Morgan fingerprint density at radius 1 is 0.571 bits per heavy atom. The highest BCUT2D eigenvalue weighted by Crippen LogP contribution is 2.56. The predicted octanol–water partition coefficient (Wildman–Crippen LogP) is 6.75. The molecule has 0 saturated heterocycles. The Balaban J connectivity index is 1.71. The Labute approximate surface area is 206 Å². The maximum atomic E-state index is 11.9. The first-order valence-electron chi connectivity index (χ1n) is 12.1. The number of rotatable bonds is 6. The molecule has 0 radical (unpaired) electrons. The summed E-state index contributed by atoms with van der Waals surface area (Å²) in [5.41, 5.74) is 8.16. The normalized spacial score (nSPS) is 13.0. The molecule has 5 rings (SSSR count). The zero-order valence-corrected chi connectivity index (χ0v) is 20.0. The van der Waals surface area contributed by atoms with Crippen molar-refractivity contribution in [2.75, 3.05) is 10.6 Å². The molecule has 174 valence electrons. The predicted molar refractivity (Wildman–Crippen MR) is 142 cm³/mol. The molecule has 0 heterocycles. The summed E-state index contributed by atoms with van der Waals surface area (Å²) in [4.78, 5) is 23.8. The Hall–Kier alpha value is -4.18. The molecule has 2 N–H and O–H groups in total. The number of hydrogen-bond acceptors (Lipinski definition) is 2. The van der Waals surface area contributed by atoms with Gasteiger partial charge in [0, 0.05) is 24.2 Å². The Bertz CT molecular complexity index is 1280. The molecule has 0 fully saturated rings. The Morgan fingerprint density at radius 2 is 0.943 bits per heavy atom. The van der Waals surface area contributed by atoms with E-state index in [2.05, 4.69) is 83.4 Å². The van der Waals surface area contributed by atoms with Crippen molar-refractivity contribution in [3.05, 3.63) is 119 Å². The lowest BCUT2D eigenvalue weighted by Crippen LogP contribution is -2.28. The van der Waals surface area contributed by atoms with Crippen LogP contribution in [0.3, 0.4) is 0 Å². The summed E-state index contributed by atoms with van der Waals surface area (Å²) >= 11 is 0. The third-order valence-electron chi connectivity index (χ3n) is 6.80. The summed E-state index contributed by atoms with van der Waals surface area (Å²) in [7, 11) is 0. The third-order valence-corrected chi connectivity index (χ3v) is 6.80. The van der Waals surface area contributed by atoms with Crippen LogP contribution in [0.25, 0.3) is 11.1 Å². The summed E-state index contributed by atoms with van der Waals surface area (Å²) in [5.74, 6) is -0.0116. The molecule has 4 nitrogen and oxygen atoms in total. The number of benzene rings is 4. The first kappa shape index (κ1) is 22.6. The molecular formula is C31H28N2O2. The molecule has 0 bridgehead atoms. The lowest BCUT2D eigenvalue weighted by Gasteiger charge is -2.34. The minimum atomic E-state index is -0.520. The lowest BCUT2D eigenvalue weighted by molar-refractivity contribution is -0.116. The monoisotopic (exact) mass is 460 g/mol. The van der Waals surface area contributed by atoms with Crippen LogP contribution in [0.4, 0.5) is 11.4 Å². The van der Waals surface area contributed by atoms with Crippen molar-refractivity contribution >= 4 is 23.2 Å². The van der Waals surface area contributed by atoms with E-state index in [-0.39, 0.29) is 11.8 Å². The molecule has 0 aliphatic heterocycles. The molecule has 35 heavy (non-hydrogen) atoms.